The molecule has 1 saturated carbocycles. The van der Waals surface area contributed by atoms with Crippen molar-refractivity contribution in [1.82, 2.24) is 5.32 Å². The predicted molar refractivity (Wildman–Crippen MR) is 83.5 cm³/mol. The van der Waals surface area contributed by atoms with Gasteiger partial charge in [0.15, 0.2) is 0 Å². The maximum Gasteiger partial charge on any atom is 0.407 e. The summed E-state index contributed by atoms with van der Waals surface area (Å²) in [6, 6.07) is 8.84. The summed E-state index contributed by atoms with van der Waals surface area (Å²) in [6.45, 7) is 2.25. The molecule has 1 fully saturated rings. The van der Waals surface area contributed by atoms with Gasteiger partial charge in [-0.2, -0.15) is 0 Å². The van der Waals surface area contributed by atoms with Crippen LogP contribution in [0.4, 0.5) is 4.79 Å². The van der Waals surface area contributed by atoms with Crippen LogP contribution in [0.5, 0.6) is 0 Å². The molecule has 0 heterocycles. The number of rotatable bonds is 5. The highest BCUT2D eigenvalue weighted by Crippen LogP contribution is 2.26. The van der Waals surface area contributed by atoms with Gasteiger partial charge in [-0.25, -0.2) is 4.79 Å². The summed E-state index contributed by atoms with van der Waals surface area (Å²) in [7, 11) is 0. The van der Waals surface area contributed by atoms with Gasteiger partial charge in [0.2, 0.25) is 0 Å². The Morgan fingerprint density at radius 3 is 2.65 bits per heavy atom. The van der Waals surface area contributed by atoms with Gasteiger partial charge in [-0.1, -0.05) is 30.3 Å². The SMILES string of the molecule is CCOC(=O)C1CCC(O)C(NC(=O)OCc2ccccc2)C1. The van der Waals surface area contributed by atoms with E-state index in [9.17, 15) is 14.7 Å². The van der Waals surface area contributed by atoms with Crippen LogP contribution in [-0.4, -0.2) is 35.9 Å². The summed E-state index contributed by atoms with van der Waals surface area (Å²) in [5, 5.41) is 12.7. The summed E-state index contributed by atoms with van der Waals surface area (Å²) in [5.41, 5.74) is 0.885. The van der Waals surface area contributed by atoms with E-state index in [4.69, 9.17) is 9.47 Å². The zero-order valence-electron chi connectivity index (χ0n) is 13.2. The first-order valence-corrected chi connectivity index (χ1v) is 7.92. The highest BCUT2D eigenvalue weighted by Gasteiger charge is 2.34. The van der Waals surface area contributed by atoms with Crippen molar-refractivity contribution in [2.75, 3.05) is 6.61 Å². The lowest BCUT2D eigenvalue weighted by atomic mass is 9.84. The number of carbonyl (C=O) groups excluding carboxylic acids is 2. The van der Waals surface area contributed by atoms with Gasteiger partial charge >= 0.3 is 12.1 Å². The summed E-state index contributed by atoms with van der Waals surface area (Å²) >= 11 is 0. The molecule has 0 radical (unpaired) electrons. The molecule has 6 heteroatoms. The largest absolute Gasteiger partial charge is 0.466 e. The summed E-state index contributed by atoms with van der Waals surface area (Å²) in [6.07, 6.45) is 0.109. The van der Waals surface area contributed by atoms with Crippen molar-refractivity contribution in [3.8, 4) is 0 Å². The Kier molecular flexibility index (Phi) is 6.40. The monoisotopic (exact) mass is 321 g/mol. The molecule has 3 unspecified atom stereocenters. The number of alkyl carbamates (subject to hydrolysis) is 1. The minimum atomic E-state index is -0.676. The quantitative estimate of drug-likeness (QED) is 0.810. The highest BCUT2D eigenvalue weighted by atomic mass is 16.5. The average Bonchev–Trinajstić information content (AvgIpc) is 2.56. The van der Waals surface area contributed by atoms with E-state index in [-0.39, 0.29) is 18.5 Å². The number of amides is 1. The van der Waals surface area contributed by atoms with Gasteiger partial charge in [0.1, 0.15) is 6.61 Å². The van der Waals surface area contributed by atoms with Crippen LogP contribution in [0.25, 0.3) is 0 Å². The van der Waals surface area contributed by atoms with E-state index in [0.29, 0.717) is 25.9 Å². The third-order valence-corrected chi connectivity index (χ3v) is 3.95. The van der Waals surface area contributed by atoms with Crippen molar-refractivity contribution in [2.45, 2.75) is 44.9 Å². The summed E-state index contributed by atoms with van der Waals surface area (Å²) < 4.78 is 10.2. The Bertz CT molecular complexity index is 519. The Labute approximate surface area is 135 Å². The van der Waals surface area contributed by atoms with E-state index < -0.39 is 18.2 Å². The van der Waals surface area contributed by atoms with Gasteiger partial charge in [0.05, 0.1) is 24.7 Å². The molecule has 1 amide bonds. The third kappa shape index (κ3) is 5.25. The summed E-state index contributed by atoms with van der Waals surface area (Å²) in [5.74, 6) is -0.568. The summed E-state index contributed by atoms with van der Waals surface area (Å²) in [4.78, 5) is 23.7. The van der Waals surface area contributed by atoms with Gasteiger partial charge in [-0.15, -0.1) is 0 Å². The molecular weight excluding hydrogens is 298 g/mol. The third-order valence-electron chi connectivity index (χ3n) is 3.95. The number of benzene rings is 1. The minimum Gasteiger partial charge on any atom is -0.466 e. The second kappa shape index (κ2) is 8.53. The number of aliphatic hydroxyl groups is 1. The molecule has 0 saturated heterocycles. The van der Waals surface area contributed by atoms with Crippen molar-refractivity contribution in [3.05, 3.63) is 35.9 Å². The molecule has 2 rings (SSSR count). The molecule has 0 spiro atoms. The van der Waals surface area contributed by atoms with Crippen LogP contribution in [0, 0.1) is 5.92 Å². The molecule has 6 nitrogen and oxygen atoms in total. The van der Waals surface area contributed by atoms with Gasteiger partial charge in [0, 0.05) is 0 Å². The van der Waals surface area contributed by atoms with Gasteiger partial charge in [0.25, 0.3) is 0 Å². The zero-order valence-corrected chi connectivity index (χ0v) is 13.2. The topological polar surface area (TPSA) is 84.9 Å². The van der Waals surface area contributed by atoms with E-state index in [2.05, 4.69) is 5.32 Å². The molecule has 0 aliphatic heterocycles. The van der Waals surface area contributed by atoms with Gasteiger partial charge in [-0.05, 0) is 31.7 Å². The molecule has 2 N–H and O–H groups in total. The molecule has 0 aromatic heterocycles. The first-order chi connectivity index (χ1) is 11.1. The first kappa shape index (κ1) is 17.3. The zero-order chi connectivity index (χ0) is 16.7. The molecule has 1 aliphatic carbocycles. The molecule has 1 aliphatic rings. The van der Waals surface area contributed by atoms with Crippen LogP contribution in [0.15, 0.2) is 30.3 Å². The van der Waals surface area contributed by atoms with Crippen LogP contribution in [0.3, 0.4) is 0 Å². The Morgan fingerprint density at radius 1 is 1.22 bits per heavy atom. The molecular formula is C17H23NO5. The lowest BCUT2D eigenvalue weighted by Crippen LogP contribution is -2.48. The number of carbonyl (C=O) groups is 2. The van der Waals surface area contributed by atoms with Crippen molar-refractivity contribution < 1.29 is 24.2 Å². The number of hydrogen-bond acceptors (Lipinski definition) is 5. The maximum absolute atomic E-state index is 11.9. The average molecular weight is 321 g/mol. The molecule has 23 heavy (non-hydrogen) atoms. The first-order valence-electron chi connectivity index (χ1n) is 7.92. The molecule has 1 aromatic carbocycles. The van der Waals surface area contributed by atoms with Crippen molar-refractivity contribution in [3.63, 3.8) is 0 Å². The van der Waals surface area contributed by atoms with Crippen LogP contribution in [0.2, 0.25) is 0 Å². The molecule has 126 valence electrons. The molecule has 0 bridgehead atoms. The van der Waals surface area contributed by atoms with E-state index in [0.717, 1.165) is 5.56 Å². The fourth-order valence-electron chi connectivity index (χ4n) is 2.70. The predicted octanol–water partition coefficient (Wildman–Crippen LogP) is 2.01. The fourth-order valence-corrected chi connectivity index (χ4v) is 2.70. The van der Waals surface area contributed by atoms with Crippen molar-refractivity contribution >= 4 is 12.1 Å². The minimum absolute atomic E-state index is 0.163. The van der Waals surface area contributed by atoms with Crippen LogP contribution < -0.4 is 5.32 Å². The number of hydrogen-bond donors (Lipinski definition) is 2. The molecule has 3 atom stereocenters. The lowest BCUT2D eigenvalue weighted by molar-refractivity contribution is -0.150. The van der Waals surface area contributed by atoms with E-state index in [1.807, 2.05) is 30.3 Å². The smallest absolute Gasteiger partial charge is 0.407 e. The Hall–Kier alpha value is -2.08. The second-order valence-electron chi connectivity index (χ2n) is 5.64. The number of esters is 1. The number of aliphatic hydroxyl groups excluding tert-OH is 1. The standard InChI is InChI=1S/C17H23NO5/c1-2-22-16(20)13-8-9-15(19)14(10-13)18-17(21)23-11-12-6-4-3-5-7-12/h3-7,13-15,19H,2,8-11H2,1H3,(H,18,21). The highest BCUT2D eigenvalue weighted by molar-refractivity contribution is 5.73. The van der Waals surface area contributed by atoms with E-state index in [1.54, 1.807) is 6.92 Å². The number of ether oxygens (including phenoxy) is 2. The lowest BCUT2D eigenvalue weighted by Gasteiger charge is -2.32. The van der Waals surface area contributed by atoms with E-state index >= 15 is 0 Å². The Balaban J connectivity index is 1.82. The number of nitrogens with one attached hydrogen (secondary N) is 1. The molecule has 1 aromatic rings. The van der Waals surface area contributed by atoms with Gasteiger partial charge in [-0.3, -0.25) is 4.79 Å². The second-order valence-corrected chi connectivity index (χ2v) is 5.64. The van der Waals surface area contributed by atoms with Crippen LogP contribution in [-0.2, 0) is 20.9 Å². The van der Waals surface area contributed by atoms with Gasteiger partial charge < -0.3 is 19.9 Å². The van der Waals surface area contributed by atoms with E-state index in [1.165, 1.54) is 0 Å². The van der Waals surface area contributed by atoms with Crippen LogP contribution in [0.1, 0.15) is 31.7 Å². The normalized spacial score (nSPS) is 23.8. The fraction of sp³-hybridized carbons (Fsp3) is 0.529. The van der Waals surface area contributed by atoms with Crippen molar-refractivity contribution in [1.29, 1.82) is 0 Å². The Morgan fingerprint density at radius 2 is 1.96 bits per heavy atom. The van der Waals surface area contributed by atoms with Crippen LogP contribution >= 0.6 is 0 Å². The van der Waals surface area contributed by atoms with Crippen molar-refractivity contribution in [2.24, 2.45) is 5.92 Å². The maximum atomic E-state index is 11.9.